The van der Waals surface area contributed by atoms with Crippen molar-refractivity contribution in [2.45, 2.75) is 39.0 Å². The summed E-state index contributed by atoms with van der Waals surface area (Å²) in [5.74, 6) is 0.593. The van der Waals surface area contributed by atoms with Gasteiger partial charge in [0.2, 0.25) is 11.8 Å². The van der Waals surface area contributed by atoms with Crippen LogP contribution in [0.1, 0.15) is 41.4 Å². The Kier molecular flexibility index (Phi) is 7.38. The van der Waals surface area contributed by atoms with Gasteiger partial charge >= 0.3 is 0 Å². The van der Waals surface area contributed by atoms with E-state index in [1.165, 1.54) is 0 Å². The standard InChI is InChI=1S/C31H32N4O2S/c1-20(2)32-26(36)18-34-27(37)19-38-30(25-13-9-8-10-22(25)4)28-29(23-11-6-5-7-12-23)33-35(31(28)34)24-16-14-21(3)15-17-24/h5-17,20,30H,18-19H2,1-4H3,(H,32,36). The molecule has 38 heavy (non-hydrogen) atoms. The summed E-state index contributed by atoms with van der Waals surface area (Å²) in [5.41, 5.74) is 6.98. The lowest BCUT2D eigenvalue weighted by atomic mass is 9.97. The maximum Gasteiger partial charge on any atom is 0.240 e. The Labute approximate surface area is 228 Å². The number of anilines is 1. The highest BCUT2D eigenvalue weighted by Crippen LogP contribution is 2.49. The monoisotopic (exact) mass is 524 g/mol. The topological polar surface area (TPSA) is 67.2 Å². The molecule has 0 saturated heterocycles. The Bertz CT molecular complexity index is 1460. The zero-order chi connectivity index (χ0) is 26.8. The second kappa shape index (κ2) is 10.9. The van der Waals surface area contributed by atoms with Crippen molar-refractivity contribution in [3.63, 3.8) is 0 Å². The number of nitrogens with one attached hydrogen (secondary N) is 1. The molecular formula is C31H32N4O2S. The SMILES string of the molecule is Cc1ccc(-n2nc(-c3ccccc3)c3c2N(CC(=O)NC(C)C)C(=O)CSC3c2ccccc2C)cc1. The molecule has 0 radical (unpaired) electrons. The molecule has 194 valence electrons. The number of fused-ring (bicyclic) bond motifs is 1. The molecule has 0 spiro atoms. The first-order valence-corrected chi connectivity index (χ1v) is 13.9. The average Bonchev–Trinajstić information content (AvgIpc) is 3.22. The van der Waals surface area contributed by atoms with E-state index in [0.29, 0.717) is 5.82 Å². The Hall–Kier alpha value is -3.84. The normalized spacial score (nSPS) is 15.3. The molecule has 0 bridgehead atoms. The Morgan fingerprint density at radius 2 is 1.68 bits per heavy atom. The second-order valence-electron chi connectivity index (χ2n) is 9.95. The van der Waals surface area contributed by atoms with Crippen molar-refractivity contribution >= 4 is 29.4 Å². The summed E-state index contributed by atoms with van der Waals surface area (Å²) < 4.78 is 1.84. The summed E-state index contributed by atoms with van der Waals surface area (Å²) in [6.07, 6.45) is 0. The van der Waals surface area contributed by atoms with Crippen LogP contribution in [0.3, 0.4) is 0 Å². The van der Waals surface area contributed by atoms with Gasteiger partial charge in [0, 0.05) is 17.2 Å². The zero-order valence-corrected chi connectivity index (χ0v) is 23.0. The van der Waals surface area contributed by atoms with Crippen molar-refractivity contribution in [2.75, 3.05) is 17.2 Å². The smallest absolute Gasteiger partial charge is 0.240 e. The third-order valence-corrected chi connectivity index (χ3v) is 7.87. The van der Waals surface area contributed by atoms with Gasteiger partial charge in [-0.25, -0.2) is 4.68 Å². The van der Waals surface area contributed by atoms with Crippen molar-refractivity contribution < 1.29 is 9.59 Å². The van der Waals surface area contributed by atoms with Gasteiger partial charge in [-0.05, 0) is 51.0 Å². The summed E-state index contributed by atoms with van der Waals surface area (Å²) in [4.78, 5) is 28.4. The first-order chi connectivity index (χ1) is 18.3. The average molecular weight is 525 g/mol. The number of rotatable bonds is 6. The van der Waals surface area contributed by atoms with E-state index in [4.69, 9.17) is 5.10 Å². The third-order valence-electron chi connectivity index (χ3n) is 6.64. The summed E-state index contributed by atoms with van der Waals surface area (Å²) >= 11 is 1.59. The number of hydrogen-bond donors (Lipinski definition) is 1. The largest absolute Gasteiger partial charge is 0.352 e. The zero-order valence-electron chi connectivity index (χ0n) is 22.1. The number of thioether (sulfide) groups is 1. The Morgan fingerprint density at radius 1 is 1.00 bits per heavy atom. The lowest BCUT2D eigenvalue weighted by molar-refractivity contribution is -0.123. The molecule has 1 N–H and O–H groups in total. The van der Waals surface area contributed by atoms with E-state index < -0.39 is 0 Å². The summed E-state index contributed by atoms with van der Waals surface area (Å²) in [6.45, 7) is 7.91. The van der Waals surface area contributed by atoms with Gasteiger partial charge in [-0.3, -0.25) is 14.5 Å². The van der Waals surface area contributed by atoms with Crippen molar-refractivity contribution in [1.29, 1.82) is 0 Å². The van der Waals surface area contributed by atoms with Gasteiger partial charge < -0.3 is 5.32 Å². The lowest BCUT2D eigenvalue weighted by Crippen LogP contribution is -2.44. The first-order valence-electron chi connectivity index (χ1n) is 12.9. The van der Waals surface area contributed by atoms with Gasteiger partial charge in [0.05, 0.1) is 22.4 Å². The maximum atomic E-state index is 13.7. The molecule has 1 aromatic heterocycles. The van der Waals surface area contributed by atoms with E-state index in [0.717, 1.165) is 39.2 Å². The Morgan fingerprint density at radius 3 is 2.37 bits per heavy atom. The lowest BCUT2D eigenvalue weighted by Gasteiger charge is -2.24. The molecule has 0 fully saturated rings. The number of nitrogens with zero attached hydrogens (tertiary/aromatic N) is 3. The highest BCUT2D eigenvalue weighted by Gasteiger charge is 2.38. The molecule has 0 saturated carbocycles. The molecule has 2 amide bonds. The fraction of sp³-hybridized carbons (Fsp3) is 0.258. The van der Waals surface area contributed by atoms with Gasteiger partial charge in [-0.2, -0.15) is 5.10 Å². The molecule has 1 aliphatic rings. The van der Waals surface area contributed by atoms with Crippen molar-refractivity contribution in [2.24, 2.45) is 0 Å². The molecule has 1 atom stereocenters. The number of aromatic nitrogens is 2. The summed E-state index contributed by atoms with van der Waals surface area (Å²) in [7, 11) is 0. The number of aryl methyl sites for hydroxylation is 2. The van der Waals surface area contributed by atoms with Crippen LogP contribution in [-0.4, -0.2) is 39.9 Å². The van der Waals surface area contributed by atoms with E-state index in [-0.39, 0.29) is 35.4 Å². The van der Waals surface area contributed by atoms with Gasteiger partial charge in [-0.1, -0.05) is 72.3 Å². The minimum absolute atomic E-state index is 0.0277. The highest BCUT2D eigenvalue weighted by molar-refractivity contribution is 8.00. The fourth-order valence-electron chi connectivity index (χ4n) is 4.83. The van der Waals surface area contributed by atoms with Crippen molar-refractivity contribution in [3.8, 4) is 16.9 Å². The molecule has 0 aliphatic carbocycles. The summed E-state index contributed by atoms with van der Waals surface area (Å²) in [5, 5.41) is 7.95. The van der Waals surface area contributed by atoms with Crippen LogP contribution in [0.25, 0.3) is 16.9 Å². The third kappa shape index (κ3) is 5.11. The maximum absolute atomic E-state index is 13.7. The molecule has 1 unspecified atom stereocenters. The van der Waals surface area contributed by atoms with Crippen LogP contribution in [0.15, 0.2) is 78.9 Å². The van der Waals surface area contributed by atoms with E-state index in [9.17, 15) is 9.59 Å². The van der Waals surface area contributed by atoms with Crippen molar-refractivity contribution in [3.05, 3.63) is 101 Å². The minimum atomic E-state index is -0.198. The van der Waals surface area contributed by atoms with Crippen molar-refractivity contribution in [1.82, 2.24) is 15.1 Å². The quantitative estimate of drug-likeness (QED) is 0.344. The number of amides is 2. The van der Waals surface area contributed by atoms with Gasteiger partial charge in [-0.15, -0.1) is 11.8 Å². The van der Waals surface area contributed by atoms with Gasteiger partial charge in [0.15, 0.2) is 0 Å². The molecule has 1 aliphatic heterocycles. The molecule has 2 heterocycles. The number of benzene rings is 3. The molecule has 5 rings (SSSR count). The number of hydrogen-bond acceptors (Lipinski definition) is 4. The van der Waals surface area contributed by atoms with Gasteiger partial charge in [0.1, 0.15) is 12.4 Å². The van der Waals surface area contributed by atoms with Crippen LogP contribution < -0.4 is 10.2 Å². The predicted octanol–water partition coefficient (Wildman–Crippen LogP) is 5.85. The first kappa shape index (κ1) is 25.8. The predicted molar refractivity (Wildman–Crippen MR) is 155 cm³/mol. The van der Waals surface area contributed by atoms with E-state index in [1.54, 1.807) is 16.7 Å². The van der Waals surface area contributed by atoms with Crippen LogP contribution in [0, 0.1) is 13.8 Å². The molecule has 4 aromatic rings. The molecule has 3 aromatic carbocycles. The molecular weight excluding hydrogens is 492 g/mol. The second-order valence-corrected chi connectivity index (χ2v) is 11.0. The van der Waals surface area contributed by atoms with Crippen LogP contribution in [0.4, 0.5) is 5.82 Å². The minimum Gasteiger partial charge on any atom is -0.352 e. The van der Waals surface area contributed by atoms with Crippen LogP contribution in [0.2, 0.25) is 0 Å². The van der Waals surface area contributed by atoms with Crippen LogP contribution in [0.5, 0.6) is 0 Å². The molecule has 6 nitrogen and oxygen atoms in total. The highest BCUT2D eigenvalue weighted by atomic mass is 32.2. The van der Waals surface area contributed by atoms with Crippen LogP contribution in [-0.2, 0) is 9.59 Å². The van der Waals surface area contributed by atoms with Gasteiger partial charge in [0.25, 0.3) is 0 Å². The number of carbonyl (C=O) groups excluding carboxylic acids is 2. The van der Waals surface area contributed by atoms with E-state index in [1.807, 2.05) is 92.2 Å². The molecule has 7 heteroatoms. The Balaban J connectivity index is 1.81. The summed E-state index contributed by atoms with van der Waals surface area (Å²) in [6, 6.07) is 26.4. The van der Waals surface area contributed by atoms with Crippen LogP contribution >= 0.6 is 11.8 Å². The van der Waals surface area contributed by atoms with E-state index >= 15 is 0 Å². The number of carbonyl (C=O) groups is 2. The fourth-order valence-corrected chi connectivity index (χ4v) is 6.12. The van der Waals surface area contributed by atoms with E-state index in [2.05, 4.69) is 24.4 Å².